The summed E-state index contributed by atoms with van der Waals surface area (Å²) in [4.78, 5) is 28.1. The molecule has 1 atom stereocenters. The Morgan fingerprint density at radius 2 is 1.86 bits per heavy atom. The third kappa shape index (κ3) is 5.96. The highest BCUT2D eigenvalue weighted by Crippen LogP contribution is 2.25. The fourth-order valence-corrected chi connectivity index (χ4v) is 3.39. The van der Waals surface area contributed by atoms with E-state index in [1.165, 1.54) is 0 Å². The van der Waals surface area contributed by atoms with Crippen molar-refractivity contribution in [1.82, 2.24) is 10.2 Å². The Balaban J connectivity index is 1.46. The molecule has 3 N–H and O–H groups in total. The van der Waals surface area contributed by atoms with Gasteiger partial charge in [-0.05, 0) is 36.6 Å². The van der Waals surface area contributed by atoms with Crippen LogP contribution in [0.4, 0.5) is 16.2 Å². The normalized spacial score (nSPS) is 15.8. The van der Waals surface area contributed by atoms with Gasteiger partial charge in [0.05, 0.1) is 12.6 Å². The molecule has 0 unspecified atom stereocenters. The number of hydrogen-bond donors (Lipinski definition) is 3. The van der Waals surface area contributed by atoms with E-state index in [1.54, 1.807) is 24.1 Å². The Kier molecular flexibility index (Phi) is 7.08. The number of carbonyl (C=O) groups is 2. The zero-order valence-corrected chi connectivity index (χ0v) is 16.7. The molecule has 1 heterocycles. The zero-order chi connectivity index (χ0) is 20.6. The summed E-state index contributed by atoms with van der Waals surface area (Å²) in [6, 6.07) is 16.8. The number of aliphatic hydroxyl groups excluding tert-OH is 1. The van der Waals surface area contributed by atoms with Crippen LogP contribution in [-0.4, -0.2) is 61.3 Å². The molecular weight excluding hydrogens is 368 g/mol. The molecule has 2 aromatic rings. The number of likely N-dealkylation sites (N-methyl/N-ethyl adjacent to an activating group) is 1. The molecule has 0 spiro atoms. The van der Waals surface area contributed by atoms with Gasteiger partial charge >= 0.3 is 6.03 Å². The fraction of sp³-hybridized carbons (Fsp3) is 0.364. The summed E-state index contributed by atoms with van der Waals surface area (Å²) in [6.07, 6.45) is 1.21. The number of benzene rings is 2. The van der Waals surface area contributed by atoms with E-state index in [9.17, 15) is 14.7 Å². The molecule has 1 aliphatic rings. The summed E-state index contributed by atoms with van der Waals surface area (Å²) in [5, 5.41) is 15.1. The lowest BCUT2D eigenvalue weighted by Gasteiger charge is -2.23. The van der Waals surface area contributed by atoms with Crippen molar-refractivity contribution < 1.29 is 14.7 Å². The number of nitrogens with zero attached hydrogens (tertiary/aromatic N) is 2. The maximum atomic E-state index is 12.3. The molecule has 7 nitrogen and oxygen atoms in total. The van der Waals surface area contributed by atoms with E-state index in [1.807, 2.05) is 30.3 Å². The Morgan fingerprint density at radius 3 is 2.59 bits per heavy atom. The molecule has 1 saturated heterocycles. The predicted octanol–water partition coefficient (Wildman–Crippen LogP) is 2.08. The van der Waals surface area contributed by atoms with Gasteiger partial charge in [0.2, 0.25) is 5.91 Å². The number of para-hydroxylation sites is 2. The highest BCUT2D eigenvalue weighted by atomic mass is 16.3. The van der Waals surface area contributed by atoms with Crippen LogP contribution in [0.5, 0.6) is 0 Å². The molecule has 154 valence electrons. The van der Waals surface area contributed by atoms with Crippen LogP contribution in [-0.2, 0) is 11.2 Å². The average Bonchev–Trinajstić information content (AvgIpc) is 3.17. The van der Waals surface area contributed by atoms with E-state index in [0.29, 0.717) is 25.2 Å². The van der Waals surface area contributed by atoms with Gasteiger partial charge in [-0.1, -0.05) is 36.4 Å². The number of hydrogen-bond acceptors (Lipinski definition) is 4. The summed E-state index contributed by atoms with van der Waals surface area (Å²) in [6.45, 7) is 1.98. The number of amides is 3. The summed E-state index contributed by atoms with van der Waals surface area (Å²) in [5.74, 6) is -0.151. The molecule has 0 radical (unpaired) electrons. The number of β-amino-alcohol motifs (C(OH)–C–C–N with tert-alkyl or cyclic N) is 1. The van der Waals surface area contributed by atoms with Gasteiger partial charge in [0.25, 0.3) is 0 Å². The topological polar surface area (TPSA) is 84.9 Å². The van der Waals surface area contributed by atoms with Crippen LogP contribution in [0.2, 0.25) is 0 Å². The van der Waals surface area contributed by atoms with Gasteiger partial charge < -0.3 is 25.5 Å². The second kappa shape index (κ2) is 9.93. The molecular formula is C22H28N4O3. The molecule has 3 rings (SSSR count). The van der Waals surface area contributed by atoms with E-state index in [4.69, 9.17) is 0 Å². The van der Waals surface area contributed by atoms with E-state index in [0.717, 1.165) is 24.2 Å². The number of aliphatic hydroxyl groups is 1. The van der Waals surface area contributed by atoms with Crippen LogP contribution in [0.25, 0.3) is 0 Å². The maximum Gasteiger partial charge on any atom is 0.319 e. The fourth-order valence-electron chi connectivity index (χ4n) is 3.39. The van der Waals surface area contributed by atoms with Crippen LogP contribution in [0.3, 0.4) is 0 Å². The van der Waals surface area contributed by atoms with Crippen molar-refractivity contribution in [2.24, 2.45) is 0 Å². The average molecular weight is 396 g/mol. The molecule has 7 heteroatoms. The molecule has 2 aromatic carbocycles. The van der Waals surface area contributed by atoms with Gasteiger partial charge in [-0.3, -0.25) is 4.79 Å². The number of nitrogens with one attached hydrogen (secondary N) is 2. The van der Waals surface area contributed by atoms with E-state index in [-0.39, 0.29) is 18.6 Å². The third-order valence-electron chi connectivity index (χ3n) is 5.07. The summed E-state index contributed by atoms with van der Waals surface area (Å²) in [7, 11) is 1.74. The zero-order valence-electron chi connectivity index (χ0n) is 16.7. The van der Waals surface area contributed by atoms with Crippen molar-refractivity contribution >= 4 is 23.3 Å². The first kappa shape index (κ1) is 20.7. The third-order valence-corrected chi connectivity index (χ3v) is 5.07. The summed E-state index contributed by atoms with van der Waals surface area (Å²) in [5.41, 5.74) is 2.94. The van der Waals surface area contributed by atoms with Crippen LogP contribution in [0.1, 0.15) is 12.0 Å². The molecule has 0 aliphatic carbocycles. The molecule has 3 amide bonds. The van der Waals surface area contributed by atoms with Crippen LogP contribution < -0.4 is 15.5 Å². The minimum Gasteiger partial charge on any atom is -0.391 e. The summed E-state index contributed by atoms with van der Waals surface area (Å²) >= 11 is 0. The second-order valence-corrected chi connectivity index (χ2v) is 7.26. The van der Waals surface area contributed by atoms with Crippen molar-refractivity contribution in [2.75, 3.05) is 43.4 Å². The number of anilines is 2. The Hall–Kier alpha value is -3.06. The second-order valence-electron chi connectivity index (χ2n) is 7.26. The SMILES string of the molecule is CN(CCc1ccccc1N1CC[C@H](O)C1)C(=O)CNC(=O)Nc1ccccc1. The number of carbonyl (C=O) groups excluding carboxylic acids is 2. The van der Waals surface area contributed by atoms with Gasteiger partial charge in [-0.15, -0.1) is 0 Å². The molecule has 0 saturated carbocycles. The van der Waals surface area contributed by atoms with Crippen molar-refractivity contribution in [3.05, 3.63) is 60.2 Å². The molecule has 0 bridgehead atoms. The quantitative estimate of drug-likeness (QED) is 0.669. The minimum atomic E-state index is -0.407. The number of urea groups is 1. The van der Waals surface area contributed by atoms with Gasteiger partial charge in [-0.2, -0.15) is 0 Å². The van der Waals surface area contributed by atoms with E-state index in [2.05, 4.69) is 27.7 Å². The molecule has 0 aromatic heterocycles. The van der Waals surface area contributed by atoms with E-state index >= 15 is 0 Å². The maximum absolute atomic E-state index is 12.3. The van der Waals surface area contributed by atoms with Crippen molar-refractivity contribution in [3.8, 4) is 0 Å². The number of rotatable bonds is 7. The molecule has 1 fully saturated rings. The highest BCUT2D eigenvalue weighted by molar-refractivity contribution is 5.92. The minimum absolute atomic E-state index is 0.0604. The monoisotopic (exact) mass is 396 g/mol. The lowest BCUT2D eigenvalue weighted by Crippen LogP contribution is -2.40. The Bertz CT molecular complexity index is 828. The molecule has 1 aliphatic heterocycles. The van der Waals surface area contributed by atoms with Gasteiger partial charge in [0.15, 0.2) is 0 Å². The highest BCUT2D eigenvalue weighted by Gasteiger charge is 2.22. The van der Waals surface area contributed by atoms with Gasteiger partial charge in [0, 0.05) is 38.1 Å². The van der Waals surface area contributed by atoms with Crippen LogP contribution in [0, 0.1) is 0 Å². The largest absolute Gasteiger partial charge is 0.391 e. The Labute approximate surface area is 171 Å². The first-order valence-electron chi connectivity index (χ1n) is 9.87. The van der Waals surface area contributed by atoms with Gasteiger partial charge in [-0.25, -0.2) is 4.79 Å². The molecule has 29 heavy (non-hydrogen) atoms. The van der Waals surface area contributed by atoms with Crippen LogP contribution in [0.15, 0.2) is 54.6 Å². The lowest BCUT2D eigenvalue weighted by molar-refractivity contribution is -0.128. The Morgan fingerprint density at radius 1 is 1.14 bits per heavy atom. The first-order valence-corrected chi connectivity index (χ1v) is 9.87. The lowest BCUT2D eigenvalue weighted by atomic mass is 10.1. The smallest absolute Gasteiger partial charge is 0.319 e. The van der Waals surface area contributed by atoms with Crippen molar-refractivity contribution in [2.45, 2.75) is 18.9 Å². The first-order chi connectivity index (χ1) is 14.0. The van der Waals surface area contributed by atoms with Crippen molar-refractivity contribution in [1.29, 1.82) is 0 Å². The van der Waals surface area contributed by atoms with Crippen LogP contribution >= 0.6 is 0 Å². The predicted molar refractivity (Wildman–Crippen MR) is 114 cm³/mol. The summed E-state index contributed by atoms with van der Waals surface area (Å²) < 4.78 is 0. The van der Waals surface area contributed by atoms with E-state index < -0.39 is 6.03 Å². The van der Waals surface area contributed by atoms with Gasteiger partial charge in [0.1, 0.15) is 0 Å². The van der Waals surface area contributed by atoms with Crippen molar-refractivity contribution in [3.63, 3.8) is 0 Å². The standard InChI is InChI=1S/C22H28N4O3/c1-25(21(28)15-23-22(29)24-18-8-3-2-4-9-18)13-11-17-7-5-6-10-20(17)26-14-12-19(27)16-26/h2-10,19,27H,11-16H2,1H3,(H2,23,24,29)/t19-/m0/s1.